The molecule has 0 saturated heterocycles. The standard InChI is InChI=1S/C10H10ClN3S2/c1-2-9-13-10(16-14-9)15-6-7-4-3-5-8(11)12-7/h3-5H,2,6H2,1H3. The Bertz CT molecular complexity index is 473. The lowest BCUT2D eigenvalue weighted by Crippen LogP contribution is -1.86. The number of nitrogens with zero attached hydrogens (tertiary/aromatic N) is 3. The van der Waals surface area contributed by atoms with E-state index in [1.165, 1.54) is 11.5 Å². The van der Waals surface area contributed by atoms with Crippen LogP contribution in [0.3, 0.4) is 0 Å². The van der Waals surface area contributed by atoms with Gasteiger partial charge in [0, 0.05) is 12.2 Å². The fraction of sp³-hybridized carbons (Fsp3) is 0.300. The van der Waals surface area contributed by atoms with Crippen molar-refractivity contribution in [3.63, 3.8) is 0 Å². The minimum Gasteiger partial charge on any atom is -0.240 e. The van der Waals surface area contributed by atoms with Gasteiger partial charge in [-0.3, -0.25) is 0 Å². The molecule has 0 aromatic carbocycles. The second-order valence-electron chi connectivity index (χ2n) is 3.07. The average molecular weight is 272 g/mol. The fourth-order valence-electron chi connectivity index (χ4n) is 1.11. The van der Waals surface area contributed by atoms with Crippen molar-refractivity contribution in [2.24, 2.45) is 0 Å². The van der Waals surface area contributed by atoms with Crippen LogP contribution in [0.25, 0.3) is 0 Å². The van der Waals surface area contributed by atoms with Gasteiger partial charge in [0.2, 0.25) is 0 Å². The maximum Gasteiger partial charge on any atom is 0.170 e. The Kier molecular flexibility index (Phi) is 4.15. The van der Waals surface area contributed by atoms with Gasteiger partial charge in [0.05, 0.1) is 5.69 Å². The number of thioether (sulfide) groups is 1. The molecule has 6 heteroatoms. The molecule has 3 nitrogen and oxygen atoms in total. The smallest absolute Gasteiger partial charge is 0.170 e. The highest BCUT2D eigenvalue weighted by atomic mass is 35.5. The number of halogens is 1. The molecule has 0 aliphatic rings. The molecule has 84 valence electrons. The first kappa shape index (κ1) is 11.8. The van der Waals surface area contributed by atoms with E-state index in [1.54, 1.807) is 17.8 Å². The molecule has 0 N–H and O–H groups in total. The first-order chi connectivity index (χ1) is 7.78. The summed E-state index contributed by atoms with van der Waals surface area (Å²) in [5, 5.41) is 0.532. The molecular weight excluding hydrogens is 262 g/mol. The Morgan fingerprint density at radius 2 is 2.25 bits per heavy atom. The molecular formula is C10H10ClN3S2. The third-order valence-corrected chi connectivity index (χ3v) is 4.00. The molecule has 2 aromatic rings. The van der Waals surface area contributed by atoms with E-state index >= 15 is 0 Å². The lowest BCUT2D eigenvalue weighted by atomic mass is 10.4. The van der Waals surface area contributed by atoms with E-state index in [9.17, 15) is 0 Å². The van der Waals surface area contributed by atoms with E-state index in [-0.39, 0.29) is 0 Å². The van der Waals surface area contributed by atoms with Crippen LogP contribution in [0, 0.1) is 0 Å². The second-order valence-corrected chi connectivity index (χ2v) is 5.43. The number of pyridine rings is 1. The molecule has 0 atom stereocenters. The monoisotopic (exact) mass is 271 g/mol. The summed E-state index contributed by atoms with van der Waals surface area (Å²) in [7, 11) is 0. The van der Waals surface area contributed by atoms with Crippen molar-refractivity contribution in [2.45, 2.75) is 23.4 Å². The molecule has 0 spiro atoms. The molecule has 16 heavy (non-hydrogen) atoms. The lowest BCUT2D eigenvalue weighted by molar-refractivity contribution is 0.971. The van der Waals surface area contributed by atoms with Gasteiger partial charge in [0.1, 0.15) is 11.0 Å². The zero-order valence-corrected chi connectivity index (χ0v) is 11.1. The van der Waals surface area contributed by atoms with Gasteiger partial charge < -0.3 is 0 Å². The summed E-state index contributed by atoms with van der Waals surface area (Å²) < 4.78 is 5.21. The predicted molar refractivity (Wildman–Crippen MR) is 68.1 cm³/mol. The summed E-state index contributed by atoms with van der Waals surface area (Å²) in [6, 6.07) is 5.64. The zero-order valence-electron chi connectivity index (χ0n) is 8.68. The molecule has 0 unspecified atom stereocenters. The van der Waals surface area contributed by atoms with Crippen molar-refractivity contribution >= 4 is 34.9 Å². The first-order valence-corrected chi connectivity index (χ1v) is 6.98. The van der Waals surface area contributed by atoms with Gasteiger partial charge in [0.15, 0.2) is 4.34 Å². The maximum absolute atomic E-state index is 5.81. The van der Waals surface area contributed by atoms with Crippen molar-refractivity contribution < 1.29 is 0 Å². The van der Waals surface area contributed by atoms with Gasteiger partial charge in [-0.05, 0) is 23.7 Å². The van der Waals surface area contributed by atoms with E-state index in [4.69, 9.17) is 11.6 Å². The van der Waals surface area contributed by atoms with E-state index in [0.717, 1.165) is 28.0 Å². The topological polar surface area (TPSA) is 38.7 Å². The second kappa shape index (κ2) is 5.61. The Labute approximate surface area is 107 Å². The summed E-state index contributed by atoms with van der Waals surface area (Å²) in [6.45, 7) is 2.05. The van der Waals surface area contributed by atoms with Gasteiger partial charge in [-0.15, -0.1) is 0 Å². The molecule has 0 aliphatic heterocycles. The molecule has 0 radical (unpaired) electrons. The SMILES string of the molecule is CCc1nsc(SCc2cccc(Cl)n2)n1. The molecule has 0 bridgehead atoms. The Morgan fingerprint density at radius 1 is 1.38 bits per heavy atom. The molecule has 0 saturated carbocycles. The Hall–Kier alpha value is -0.650. The molecule has 2 heterocycles. The fourth-order valence-corrected chi connectivity index (χ4v) is 2.89. The first-order valence-electron chi connectivity index (χ1n) is 4.84. The zero-order chi connectivity index (χ0) is 11.4. The molecule has 0 fully saturated rings. The minimum atomic E-state index is 0.532. The van der Waals surface area contributed by atoms with Crippen molar-refractivity contribution in [2.75, 3.05) is 0 Å². The van der Waals surface area contributed by atoms with Crippen LogP contribution in [0.1, 0.15) is 18.4 Å². The van der Waals surface area contributed by atoms with Crippen LogP contribution in [-0.2, 0) is 12.2 Å². The third kappa shape index (κ3) is 3.17. The number of hydrogen-bond donors (Lipinski definition) is 0. The summed E-state index contributed by atoms with van der Waals surface area (Å²) in [6.07, 6.45) is 0.881. The van der Waals surface area contributed by atoms with Crippen LogP contribution in [0.5, 0.6) is 0 Å². The maximum atomic E-state index is 5.81. The van der Waals surface area contributed by atoms with Gasteiger partial charge in [0.25, 0.3) is 0 Å². The number of rotatable bonds is 4. The number of hydrogen-bond acceptors (Lipinski definition) is 5. The summed E-state index contributed by atoms with van der Waals surface area (Å²) in [5.41, 5.74) is 0.964. The lowest BCUT2D eigenvalue weighted by Gasteiger charge is -1.97. The van der Waals surface area contributed by atoms with Crippen LogP contribution >= 0.6 is 34.9 Å². The van der Waals surface area contributed by atoms with Crippen LogP contribution in [0.2, 0.25) is 5.15 Å². The van der Waals surface area contributed by atoms with E-state index in [2.05, 4.69) is 21.3 Å². The molecule has 0 aliphatic carbocycles. The highest BCUT2D eigenvalue weighted by Crippen LogP contribution is 2.24. The Morgan fingerprint density at radius 3 is 2.94 bits per heavy atom. The molecule has 2 rings (SSSR count). The van der Waals surface area contributed by atoms with Gasteiger partial charge in [-0.2, -0.15) is 4.37 Å². The van der Waals surface area contributed by atoms with Crippen molar-refractivity contribution in [1.82, 2.24) is 14.3 Å². The predicted octanol–water partition coefficient (Wildman–Crippen LogP) is 3.44. The van der Waals surface area contributed by atoms with Gasteiger partial charge in [-0.1, -0.05) is 36.4 Å². The highest BCUT2D eigenvalue weighted by Gasteiger charge is 2.04. The Balaban J connectivity index is 1.96. The van der Waals surface area contributed by atoms with Crippen molar-refractivity contribution in [1.29, 1.82) is 0 Å². The third-order valence-electron chi connectivity index (χ3n) is 1.88. The van der Waals surface area contributed by atoms with Crippen LogP contribution < -0.4 is 0 Å². The minimum absolute atomic E-state index is 0.532. The average Bonchev–Trinajstić information content (AvgIpc) is 2.74. The van der Waals surface area contributed by atoms with Crippen LogP contribution in [-0.4, -0.2) is 14.3 Å². The number of aromatic nitrogens is 3. The van der Waals surface area contributed by atoms with Crippen LogP contribution in [0.4, 0.5) is 0 Å². The van der Waals surface area contributed by atoms with Crippen LogP contribution in [0.15, 0.2) is 22.5 Å². The van der Waals surface area contributed by atoms with Crippen molar-refractivity contribution in [3.8, 4) is 0 Å². The molecule has 2 aromatic heterocycles. The van der Waals surface area contributed by atoms with E-state index < -0.39 is 0 Å². The van der Waals surface area contributed by atoms with E-state index in [1.807, 2.05) is 12.1 Å². The summed E-state index contributed by atoms with van der Waals surface area (Å²) in [5.74, 6) is 1.69. The summed E-state index contributed by atoms with van der Waals surface area (Å²) >= 11 is 8.89. The number of aryl methyl sites for hydroxylation is 1. The van der Waals surface area contributed by atoms with Gasteiger partial charge in [-0.25, -0.2) is 9.97 Å². The van der Waals surface area contributed by atoms with Gasteiger partial charge >= 0.3 is 0 Å². The van der Waals surface area contributed by atoms with Crippen molar-refractivity contribution in [3.05, 3.63) is 34.9 Å². The summed E-state index contributed by atoms with van der Waals surface area (Å²) in [4.78, 5) is 8.59. The largest absolute Gasteiger partial charge is 0.240 e. The normalized spacial score (nSPS) is 10.6. The highest BCUT2D eigenvalue weighted by molar-refractivity contribution is 8.00. The van der Waals surface area contributed by atoms with E-state index in [0.29, 0.717) is 5.15 Å². The quantitative estimate of drug-likeness (QED) is 0.631. The molecule has 0 amide bonds.